The molecule has 0 saturated carbocycles. The van der Waals surface area contributed by atoms with E-state index in [-0.39, 0.29) is 45.6 Å². The van der Waals surface area contributed by atoms with Crippen LogP contribution in [-0.2, 0) is 0 Å². The van der Waals surface area contributed by atoms with E-state index in [1.54, 1.807) is 0 Å². The number of aromatic nitrogens is 3. The molecule has 0 radical (unpaired) electrons. The molecule has 2 heterocycles. The number of furan rings is 1. The third kappa shape index (κ3) is 6.26. The highest BCUT2D eigenvalue weighted by atomic mass is 16.3. The van der Waals surface area contributed by atoms with Crippen molar-refractivity contribution in [3.63, 3.8) is 0 Å². The molecule has 0 amide bonds. The minimum absolute atomic E-state index is 0.0392. The standard InChI is InChI=1S/C51H33N3O/c1-4-13-34(14-5-1)37-23-27-39(28-24-37)49-52-50(40-29-25-38(26-30-40)35-15-6-2-7-16-35)54-51(53-49)43-32-41(36-17-8-3-9-18-36)31-42(33-43)44-20-12-22-47-48(44)45-19-10-11-21-46(45)55-47/h1-33H/i10D,11D,12D,19D,20D,21D,22D. The second-order valence-electron chi connectivity index (χ2n) is 13.1. The topological polar surface area (TPSA) is 51.8 Å². The summed E-state index contributed by atoms with van der Waals surface area (Å²) >= 11 is 0. The molecule has 0 unspecified atom stereocenters. The van der Waals surface area contributed by atoms with Gasteiger partial charge in [-0.1, -0.05) is 170 Å². The molecule has 0 N–H and O–H groups in total. The Balaban J connectivity index is 1.22. The van der Waals surface area contributed by atoms with Gasteiger partial charge in [-0.05, 0) is 74.8 Å². The van der Waals surface area contributed by atoms with Crippen molar-refractivity contribution in [1.29, 1.82) is 0 Å². The van der Waals surface area contributed by atoms with Crippen LogP contribution < -0.4 is 0 Å². The third-order valence-corrected chi connectivity index (χ3v) is 9.67. The smallest absolute Gasteiger partial charge is 0.164 e. The van der Waals surface area contributed by atoms with Crippen LogP contribution in [0.4, 0.5) is 0 Å². The van der Waals surface area contributed by atoms with Gasteiger partial charge in [0.25, 0.3) is 0 Å². The molecule has 0 aliphatic heterocycles. The van der Waals surface area contributed by atoms with Gasteiger partial charge in [0.05, 0.1) is 9.60 Å². The molecule has 10 aromatic rings. The summed E-state index contributed by atoms with van der Waals surface area (Å²) in [5, 5.41) is 0.195. The Morgan fingerprint density at radius 2 is 0.764 bits per heavy atom. The molecular formula is C51H33N3O. The Morgan fingerprint density at radius 3 is 1.33 bits per heavy atom. The van der Waals surface area contributed by atoms with Gasteiger partial charge < -0.3 is 4.42 Å². The lowest BCUT2D eigenvalue weighted by Gasteiger charge is -2.13. The van der Waals surface area contributed by atoms with Crippen molar-refractivity contribution >= 4 is 21.9 Å². The van der Waals surface area contributed by atoms with Gasteiger partial charge in [-0.25, -0.2) is 15.0 Å². The van der Waals surface area contributed by atoms with E-state index in [1.165, 1.54) is 0 Å². The lowest BCUT2D eigenvalue weighted by atomic mass is 9.93. The summed E-state index contributed by atoms with van der Waals surface area (Å²) in [4.78, 5) is 15.2. The zero-order chi connectivity index (χ0) is 42.6. The highest BCUT2D eigenvalue weighted by molar-refractivity contribution is 6.12. The predicted molar refractivity (Wildman–Crippen MR) is 225 cm³/mol. The molecule has 0 fully saturated rings. The fraction of sp³-hybridized carbons (Fsp3) is 0. The van der Waals surface area contributed by atoms with Crippen LogP contribution in [0.2, 0.25) is 0 Å². The lowest BCUT2D eigenvalue weighted by molar-refractivity contribution is 0.669. The third-order valence-electron chi connectivity index (χ3n) is 9.67. The Kier molecular flexibility index (Phi) is 6.43. The van der Waals surface area contributed by atoms with E-state index in [2.05, 4.69) is 24.3 Å². The first-order valence-corrected chi connectivity index (χ1v) is 17.9. The summed E-state index contributed by atoms with van der Waals surface area (Å²) in [5.41, 5.74) is 8.34. The fourth-order valence-corrected chi connectivity index (χ4v) is 6.92. The molecule has 4 heteroatoms. The van der Waals surface area contributed by atoms with Gasteiger partial charge in [0, 0.05) is 27.5 Å². The fourth-order valence-electron chi connectivity index (χ4n) is 6.92. The van der Waals surface area contributed by atoms with Crippen LogP contribution >= 0.6 is 0 Å². The Bertz CT molecular complexity index is 3240. The number of benzene rings is 8. The SMILES string of the molecule is [2H]c1c([2H])c([2H])c2c(oc3c([2H])c([2H])c([2H])c(-c4cc(-c5ccccc5)cc(-c5nc(-c6ccc(-c7ccccc7)cc6)nc(-c6ccc(-c7ccccc7)cc6)n5)c4)c32)c1[2H]. The second-order valence-corrected chi connectivity index (χ2v) is 13.1. The van der Waals surface area contributed by atoms with Crippen LogP contribution in [0.15, 0.2) is 204 Å². The van der Waals surface area contributed by atoms with Gasteiger partial charge in [0.1, 0.15) is 11.2 Å². The van der Waals surface area contributed by atoms with Gasteiger partial charge >= 0.3 is 0 Å². The first kappa shape index (κ1) is 25.5. The van der Waals surface area contributed by atoms with Gasteiger partial charge in [0.2, 0.25) is 0 Å². The monoisotopic (exact) mass is 710 g/mol. The first-order valence-electron chi connectivity index (χ1n) is 21.4. The average molecular weight is 711 g/mol. The molecule has 10 rings (SSSR count). The van der Waals surface area contributed by atoms with Gasteiger partial charge in [0.15, 0.2) is 17.5 Å². The molecule has 8 aromatic carbocycles. The van der Waals surface area contributed by atoms with Crippen molar-refractivity contribution in [2.75, 3.05) is 0 Å². The van der Waals surface area contributed by atoms with Crippen LogP contribution in [0.5, 0.6) is 0 Å². The Hall–Kier alpha value is -7.43. The lowest BCUT2D eigenvalue weighted by Crippen LogP contribution is -2.01. The van der Waals surface area contributed by atoms with E-state index in [0.717, 1.165) is 44.5 Å². The molecular weight excluding hydrogens is 671 g/mol. The summed E-state index contributed by atoms with van der Waals surface area (Å²) < 4.78 is 67.4. The largest absolute Gasteiger partial charge is 0.456 e. The van der Waals surface area contributed by atoms with E-state index < -0.39 is 24.2 Å². The molecule has 0 atom stereocenters. The van der Waals surface area contributed by atoms with Crippen LogP contribution in [-0.4, -0.2) is 15.0 Å². The number of hydrogen-bond donors (Lipinski definition) is 0. The molecule has 0 aliphatic carbocycles. The van der Waals surface area contributed by atoms with Crippen molar-refractivity contribution in [2.24, 2.45) is 0 Å². The maximum Gasteiger partial charge on any atom is 0.164 e. The molecule has 258 valence electrons. The zero-order valence-corrected chi connectivity index (χ0v) is 29.3. The van der Waals surface area contributed by atoms with Gasteiger partial charge in [-0.15, -0.1) is 0 Å². The van der Waals surface area contributed by atoms with E-state index in [0.29, 0.717) is 28.6 Å². The zero-order valence-electron chi connectivity index (χ0n) is 36.3. The van der Waals surface area contributed by atoms with Gasteiger partial charge in [-0.3, -0.25) is 0 Å². The first-order chi connectivity index (χ1) is 30.1. The molecule has 0 spiro atoms. The minimum Gasteiger partial charge on any atom is -0.456 e. The van der Waals surface area contributed by atoms with E-state index in [9.17, 15) is 1.37 Å². The highest BCUT2D eigenvalue weighted by Gasteiger charge is 2.18. The predicted octanol–water partition coefficient (Wildman–Crippen LogP) is 13.4. The van der Waals surface area contributed by atoms with Crippen LogP contribution in [0, 0.1) is 0 Å². The van der Waals surface area contributed by atoms with Crippen LogP contribution in [0.25, 0.3) is 101 Å². The molecule has 2 aromatic heterocycles. The van der Waals surface area contributed by atoms with E-state index >= 15 is 0 Å². The van der Waals surface area contributed by atoms with Crippen molar-refractivity contribution in [3.05, 3.63) is 200 Å². The molecule has 4 nitrogen and oxygen atoms in total. The number of fused-ring (bicyclic) bond motifs is 3. The average Bonchev–Trinajstić information content (AvgIpc) is 3.73. The van der Waals surface area contributed by atoms with E-state index in [4.69, 9.17) is 27.6 Å². The summed E-state index contributed by atoms with van der Waals surface area (Å²) in [6, 6.07) is 48.8. The molecule has 0 aliphatic rings. The number of rotatable bonds is 7. The normalized spacial score (nSPS) is 13.1. The maximum absolute atomic E-state index is 9.31. The molecule has 55 heavy (non-hydrogen) atoms. The van der Waals surface area contributed by atoms with Gasteiger partial charge in [-0.2, -0.15) is 0 Å². The van der Waals surface area contributed by atoms with Crippen molar-refractivity contribution in [3.8, 4) is 78.7 Å². The van der Waals surface area contributed by atoms with Crippen LogP contribution in [0.3, 0.4) is 0 Å². The summed E-state index contributed by atoms with van der Waals surface area (Å²) in [6.07, 6.45) is 0. The van der Waals surface area contributed by atoms with Crippen molar-refractivity contribution < 1.29 is 14.0 Å². The number of nitrogens with zero attached hydrogens (tertiary/aromatic N) is 3. The highest BCUT2D eigenvalue weighted by Crippen LogP contribution is 2.40. The molecule has 0 bridgehead atoms. The Labute approximate surface area is 328 Å². The number of hydrogen-bond acceptors (Lipinski definition) is 4. The van der Waals surface area contributed by atoms with E-state index in [1.807, 2.05) is 133 Å². The quantitative estimate of drug-likeness (QED) is 0.165. The minimum atomic E-state index is -0.481. The van der Waals surface area contributed by atoms with Crippen molar-refractivity contribution in [1.82, 2.24) is 15.0 Å². The second kappa shape index (κ2) is 13.8. The summed E-state index contributed by atoms with van der Waals surface area (Å²) in [5.74, 6) is 1.22. The summed E-state index contributed by atoms with van der Waals surface area (Å²) in [6.45, 7) is 0. The Morgan fingerprint density at radius 1 is 0.345 bits per heavy atom. The maximum atomic E-state index is 9.31. The number of para-hydroxylation sites is 1. The molecule has 0 saturated heterocycles. The van der Waals surface area contributed by atoms with Crippen molar-refractivity contribution in [2.45, 2.75) is 0 Å². The van der Waals surface area contributed by atoms with Crippen LogP contribution in [0.1, 0.15) is 9.60 Å². The summed E-state index contributed by atoms with van der Waals surface area (Å²) in [7, 11) is 0.